The zero-order chi connectivity index (χ0) is 10.6. The molecule has 0 bridgehead atoms. The van der Waals surface area contributed by atoms with Gasteiger partial charge in [0, 0.05) is 24.3 Å². The van der Waals surface area contributed by atoms with Crippen molar-refractivity contribution in [2.45, 2.75) is 39.4 Å². The molecular weight excluding hydrogens is 178 g/mol. The Balaban J connectivity index is 2.68. The average Bonchev–Trinajstić information content (AvgIpc) is 2.62. The SMILES string of the molecule is CCn1cc(C(CO)NC(C)C)cn1. The number of nitrogens with zero attached hydrogens (tertiary/aromatic N) is 2. The lowest BCUT2D eigenvalue weighted by atomic mass is 10.1. The highest BCUT2D eigenvalue weighted by Gasteiger charge is 2.12. The summed E-state index contributed by atoms with van der Waals surface area (Å²) in [6, 6.07) is 0.354. The monoisotopic (exact) mass is 197 g/mol. The zero-order valence-corrected chi connectivity index (χ0v) is 9.07. The molecule has 0 saturated carbocycles. The summed E-state index contributed by atoms with van der Waals surface area (Å²) in [7, 11) is 0. The van der Waals surface area contributed by atoms with Gasteiger partial charge in [-0.05, 0) is 6.92 Å². The van der Waals surface area contributed by atoms with Crippen LogP contribution in [0.2, 0.25) is 0 Å². The molecule has 14 heavy (non-hydrogen) atoms. The van der Waals surface area contributed by atoms with E-state index in [2.05, 4.69) is 24.3 Å². The van der Waals surface area contributed by atoms with E-state index in [-0.39, 0.29) is 12.6 Å². The molecule has 4 heteroatoms. The minimum absolute atomic E-state index is 0.00435. The van der Waals surface area contributed by atoms with Gasteiger partial charge in [0.25, 0.3) is 0 Å². The third-order valence-electron chi connectivity index (χ3n) is 2.10. The quantitative estimate of drug-likeness (QED) is 0.738. The number of hydrogen-bond donors (Lipinski definition) is 2. The molecule has 0 aliphatic carbocycles. The Morgan fingerprint density at radius 1 is 1.57 bits per heavy atom. The van der Waals surface area contributed by atoms with Gasteiger partial charge in [0.2, 0.25) is 0 Å². The maximum atomic E-state index is 9.21. The van der Waals surface area contributed by atoms with Crippen molar-refractivity contribution in [2.75, 3.05) is 6.61 Å². The summed E-state index contributed by atoms with van der Waals surface area (Å²) in [5.41, 5.74) is 1.04. The minimum Gasteiger partial charge on any atom is -0.394 e. The standard InChI is InChI=1S/C10H19N3O/c1-4-13-6-9(5-11-13)10(7-14)12-8(2)3/h5-6,8,10,12,14H,4,7H2,1-3H3. The first-order valence-electron chi connectivity index (χ1n) is 5.06. The molecule has 1 unspecified atom stereocenters. The predicted octanol–water partition coefficient (Wildman–Crippen LogP) is 0.934. The van der Waals surface area contributed by atoms with Crippen LogP contribution in [0.1, 0.15) is 32.4 Å². The van der Waals surface area contributed by atoms with Crippen LogP contribution in [0.5, 0.6) is 0 Å². The lowest BCUT2D eigenvalue weighted by Crippen LogP contribution is -2.30. The first-order valence-corrected chi connectivity index (χ1v) is 5.06. The van der Waals surface area contributed by atoms with E-state index < -0.39 is 0 Å². The highest BCUT2D eigenvalue weighted by molar-refractivity contribution is 5.10. The highest BCUT2D eigenvalue weighted by Crippen LogP contribution is 2.11. The molecule has 1 heterocycles. The first-order chi connectivity index (χ1) is 6.67. The molecule has 0 amide bonds. The summed E-state index contributed by atoms with van der Waals surface area (Å²) in [6.45, 7) is 7.13. The van der Waals surface area contributed by atoms with Gasteiger partial charge in [-0.1, -0.05) is 13.8 Å². The third kappa shape index (κ3) is 2.82. The van der Waals surface area contributed by atoms with Gasteiger partial charge in [-0.25, -0.2) is 0 Å². The largest absolute Gasteiger partial charge is 0.394 e. The number of hydrogen-bond acceptors (Lipinski definition) is 3. The van der Waals surface area contributed by atoms with Gasteiger partial charge in [0.05, 0.1) is 18.8 Å². The topological polar surface area (TPSA) is 50.1 Å². The van der Waals surface area contributed by atoms with Crippen LogP contribution in [0.15, 0.2) is 12.4 Å². The molecule has 2 N–H and O–H groups in total. The summed E-state index contributed by atoms with van der Waals surface area (Å²) >= 11 is 0. The number of rotatable bonds is 5. The van der Waals surface area contributed by atoms with Gasteiger partial charge >= 0.3 is 0 Å². The van der Waals surface area contributed by atoms with Gasteiger partial charge in [0.1, 0.15) is 0 Å². The van der Waals surface area contributed by atoms with Crippen molar-refractivity contribution in [3.05, 3.63) is 18.0 Å². The molecule has 80 valence electrons. The van der Waals surface area contributed by atoms with E-state index in [1.165, 1.54) is 0 Å². The molecule has 0 aromatic carbocycles. The van der Waals surface area contributed by atoms with Crippen LogP contribution in [-0.4, -0.2) is 27.5 Å². The molecule has 1 aromatic heterocycles. The van der Waals surface area contributed by atoms with Crippen molar-refractivity contribution in [3.8, 4) is 0 Å². The van der Waals surface area contributed by atoms with Crippen LogP contribution in [0, 0.1) is 0 Å². The normalized spacial score (nSPS) is 13.5. The second-order valence-electron chi connectivity index (χ2n) is 3.69. The van der Waals surface area contributed by atoms with E-state index in [0.717, 1.165) is 12.1 Å². The number of aliphatic hydroxyl groups excluding tert-OH is 1. The average molecular weight is 197 g/mol. The minimum atomic E-state index is -0.00435. The molecule has 0 spiro atoms. The lowest BCUT2D eigenvalue weighted by Gasteiger charge is -2.17. The summed E-state index contributed by atoms with van der Waals surface area (Å²) in [6.07, 6.45) is 3.77. The van der Waals surface area contributed by atoms with Crippen LogP contribution in [0.3, 0.4) is 0 Å². The van der Waals surface area contributed by atoms with Crippen molar-refractivity contribution < 1.29 is 5.11 Å². The molecule has 4 nitrogen and oxygen atoms in total. The van der Waals surface area contributed by atoms with Crippen LogP contribution in [0.25, 0.3) is 0 Å². The molecule has 1 atom stereocenters. The van der Waals surface area contributed by atoms with Crippen molar-refractivity contribution in [1.29, 1.82) is 0 Å². The number of aryl methyl sites for hydroxylation is 1. The summed E-state index contributed by atoms with van der Waals surface area (Å²) in [5, 5.41) is 16.7. The smallest absolute Gasteiger partial charge is 0.0627 e. The lowest BCUT2D eigenvalue weighted by molar-refractivity contribution is 0.237. The van der Waals surface area contributed by atoms with Gasteiger partial charge < -0.3 is 10.4 Å². The van der Waals surface area contributed by atoms with E-state index in [4.69, 9.17) is 0 Å². The van der Waals surface area contributed by atoms with Crippen molar-refractivity contribution in [1.82, 2.24) is 15.1 Å². The van der Waals surface area contributed by atoms with Crippen LogP contribution in [-0.2, 0) is 6.54 Å². The van der Waals surface area contributed by atoms with Crippen molar-refractivity contribution >= 4 is 0 Å². The fourth-order valence-corrected chi connectivity index (χ4v) is 1.39. The van der Waals surface area contributed by atoms with E-state index >= 15 is 0 Å². The molecule has 0 saturated heterocycles. The predicted molar refractivity (Wildman–Crippen MR) is 56.0 cm³/mol. The van der Waals surface area contributed by atoms with Crippen LogP contribution < -0.4 is 5.32 Å². The van der Waals surface area contributed by atoms with Crippen molar-refractivity contribution in [2.24, 2.45) is 0 Å². The maximum absolute atomic E-state index is 9.21. The molecule has 0 fully saturated rings. The molecular formula is C10H19N3O. The Morgan fingerprint density at radius 3 is 2.71 bits per heavy atom. The Labute approximate surface area is 84.9 Å². The van der Waals surface area contributed by atoms with Gasteiger partial charge in [-0.15, -0.1) is 0 Å². The van der Waals surface area contributed by atoms with Gasteiger partial charge in [-0.3, -0.25) is 4.68 Å². The maximum Gasteiger partial charge on any atom is 0.0627 e. The second-order valence-corrected chi connectivity index (χ2v) is 3.69. The number of aromatic nitrogens is 2. The highest BCUT2D eigenvalue weighted by atomic mass is 16.3. The Kier molecular flexibility index (Phi) is 4.10. The second kappa shape index (κ2) is 5.12. The Hall–Kier alpha value is -0.870. The van der Waals surface area contributed by atoms with Gasteiger partial charge in [0.15, 0.2) is 0 Å². The van der Waals surface area contributed by atoms with E-state index in [1.807, 2.05) is 17.8 Å². The molecule has 1 aromatic rings. The van der Waals surface area contributed by atoms with E-state index in [0.29, 0.717) is 6.04 Å². The summed E-state index contributed by atoms with van der Waals surface area (Å²) in [4.78, 5) is 0. The fraction of sp³-hybridized carbons (Fsp3) is 0.700. The molecule has 0 aliphatic rings. The number of nitrogens with one attached hydrogen (secondary N) is 1. The molecule has 1 rings (SSSR count). The van der Waals surface area contributed by atoms with Crippen LogP contribution in [0.4, 0.5) is 0 Å². The van der Waals surface area contributed by atoms with Crippen LogP contribution >= 0.6 is 0 Å². The Morgan fingerprint density at radius 2 is 2.29 bits per heavy atom. The molecule has 0 aliphatic heterocycles. The Bertz CT molecular complexity index is 270. The first kappa shape index (κ1) is 11.2. The third-order valence-corrected chi connectivity index (χ3v) is 2.10. The number of aliphatic hydroxyl groups is 1. The van der Waals surface area contributed by atoms with E-state index in [9.17, 15) is 5.11 Å². The van der Waals surface area contributed by atoms with E-state index in [1.54, 1.807) is 6.20 Å². The van der Waals surface area contributed by atoms with Gasteiger partial charge in [-0.2, -0.15) is 5.10 Å². The molecule has 0 radical (unpaired) electrons. The fourth-order valence-electron chi connectivity index (χ4n) is 1.39. The zero-order valence-electron chi connectivity index (χ0n) is 9.07. The summed E-state index contributed by atoms with van der Waals surface area (Å²) < 4.78 is 1.86. The van der Waals surface area contributed by atoms with Crippen molar-refractivity contribution in [3.63, 3.8) is 0 Å². The summed E-state index contributed by atoms with van der Waals surface area (Å²) in [5.74, 6) is 0.